The van der Waals surface area contributed by atoms with Crippen molar-refractivity contribution in [2.45, 2.75) is 19.3 Å². The smallest absolute Gasteiger partial charge is 0.0462 e. The Hall–Kier alpha value is -0.550. The lowest BCUT2D eigenvalue weighted by molar-refractivity contribution is 0.277. The van der Waals surface area contributed by atoms with Crippen molar-refractivity contribution < 1.29 is 0 Å². The Morgan fingerprint density at radius 3 is 1.78 bits per heavy atom. The molecule has 0 atom stereocenters. The van der Waals surface area contributed by atoms with Gasteiger partial charge in [-0.25, -0.2) is 5.26 Å². The summed E-state index contributed by atoms with van der Waals surface area (Å²) in [6, 6.07) is 0. The zero-order valence-electron chi connectivity index (χ0n) is 6.01. The molecule has 0 amide bonds. The number of hydrogen-bond donors (Lipinski definition) is 0. The Morgan fingerprint density at radius 2 is 1.56 bits per heavy atom. The largest absolute Gasteiger partial charge is 0.306 e. The van der Waals surface area contributed by atoms with Gasteiger partial charge in [0, 0.05) is 6.57 Å². The lowest BCUT2D eigenvalue weighted by Crippen LogP contribution is -2.24. The molecule has 0 N–H and O–H groups in total. The van der Waals surface area contributed by atoms with Crippen LogP contribution in [0.1, 0.15) is 19.3 Å². The number of hydrogen-bond acceptors (Lipinski definition) is 2. The van der Waals surface area contributed by atoms with Gasteiger partial charge in [0.05, 0.1) is 0 Å². The predicted molar refractivity (Wildman–Crippen MR) is 38.0 cm³/mol. The van der Waals surface area contributed by atoms with Crippen molar-refractivity contribution >= 4 is 0 Å². The molecule has 1 fully saturated rings. The van der Waals surface area contributed by atoms with E-state index < -0.39 is 0 Å². The molecule has 9 heavy (non-hydrogen) atoms. The minimum atomic E-state index is 1.32. The van der Waals surface area contributed by atoms with Gasteiger partial charge in [-0.05, 0) is 33.0 Å². The van der Waals surface area contributed by atoms with Crippen LogP contribution < -0.4 is 0 Å². The third-order valence-corrected chi connectivity index (χ3v) is 1.58. The van der Waals surface area contributed by atoms with E-state index in [9.17, 15) is 0 Å². The summed E-state index contributed by atoms with van der Waals surface area (Å²) in [5.74, 6) is 0. The summed E-state index contributed by atoms with van der Waals surface area (Å²) in [5, 5.41) is 6.50. The van der Waals surface area contributed by atoms with Gasteiger partial charge in [-0.15, -0.1) is 0 Å². The Labute approximate surface area is 57.1 Å². The topological polar surface area (TPSA) is 27.0 Å². The molecule has 1 heterocycles. The van der Waals surface area contributed by atoms with Crippen molar-refractivity contribution in [2.75, 3.05) is 20.1 Å². The molecule has 1 rings (SSSR count). The molecule has 1 aliphatic heterocycles. The van der Waals surface area contributed by atoms with E-state index in [4.69, 9.17) is 5.26 Å². The van der Waals surface area contributed by atoms with Gasteiger partial charge in [0.1, 0.15) is 0 Å². The first-order chi connectivity index (χ1) is 4.39. The van der Waals surface area contributed by atoms with E-state index in [2.05, 4.69) is 18.5 Å². The average molecular weight is 126 g/mol. The number of piperidine rings is 1. The van der Waals surface area contributed by atoms with Crippen LogP contribution in [0.15, 0.2) is 0 Å². The second kappa shape index (κ2) is 5.58. The van der Waals surface area contributed by atoms with Crippen LogP contribution in [0.4, 0.5) is 0 Å². The monoisotopic (exact) mass is 126 g/mol. The summed E-state index contributed by atoms with van der Waals surface area (Å²) in [4.78, 5) is 2.39. The van der Waals surface area contributed by atoms with Crippen LogP contribution in [0.5, 0.6) is 0 Å². The van der Waals surface area contributed by atoms with Crippen molar-refractivity contribution in [1.82, 2.24) is 4.90 Å². The van der Waals surface area contributed by atoms with Gasteiger partial charge in [-0.2, -0.15) is 0 Å². The van der Waals surface area contributed by atoms with E-state index in [1.54, 1.807) is 0 Å². The Kier molecular flexibility index (Phi) is 5.24. The van der Waals surface area contributed by atoms with E-state index in [1.807, 2.05) is 0 Å². The van der Waals surface area contributed by atoms with Crippen LogP contribution in [0.25, 0.3) is 0 Å². The van der Waals surface area contributed by atoms with Crippen LogP contribution >= 0.6 is 0 Å². The quantitative estimate of drug-likeness (QED) is 0.488. The first-order valence-electron chi connectivity index (χ1n) is 3.34. The second-order valence-electron chi connectivity index (χ2n) is 2.36. The van der Waals surface area contributed by atoms with Gasteiger partial charge in [-0.1, -0.05) is 6.42 Å². The van der Waals surface area contributed by atoms with Crippen molar-refractivity contribution in [2.24, 2.45) is 0 Å². The van der Waals surface area contributed by atoms with Gasteiger partial charge in [0.2, 0.25) is 0 Å². The van der Waals surface area contributed by atoms with Crippen LogP contribution in [0.3, 0.4) is 0 Å². The molecule has 0 spiro atoms. The van der Waals surface area contributed by atoms with Crippen LogP contribution in [-0.2, 0) is 0 Å². The molecule has 0 aromatic heterocycles. The van der Waals surface area contributed by atoms with E-state index in [0.29, 0.717) is 0 Å². The fourth-order valence-corrected chi connectivity index (χ4v) is 1.05. The SMILES string of the molecule is C#N.CN1CCCCC1. The molecule has 0 radical (unpaired) electrons. The van der Waals surface area contributed by atoms with Crippen LogP contribution in [0.2, 0.25) is 0 Å². The summed E-state index contributed by atoms with van der Waals surface area (Å²) in [6.07, 6.45) is 4.28. The summed E-state index contributed by atoms with van der Waals surface area (Å²) >= 11 is 0. The molecule has 0 saturated carbocycles. The molecular formula is C7H14N2. The van der Waals surface area contributed by atoms with E-state index in [0.717, 1.165) is 0 Å². The van der Waals surface area contributed by atoms with Gasteiger partial charge < -0.3 is 4.90 Å². The van der Waals surface area contributed by atoms with Crippen LogP contribution in [-0.4, -0.2) is 25.0 Å². The molecular weight excluding hydrogens is 112 g/mol. The van der Waals surface area contributed by atoms with Gasteiger partial charge in [0.25, 0.3) is 0 Å². The molecule has 1 aliphatic rings. The highest BCUT2D eigenvalue weighted by Gasteiger charge is 2.02. The molecule has 0 aliphatic carbocycles. The third-order valence-electron chi connectivity index (χ3n) is 1.58. The highest BCUT2D eigenvalue weighted by molar-refractivity contribution is 4.58. The normalized spacial score (nSPS) is 19.9. The van der Waals surface area contributed by atoms with Gasteiger partial charge in [0.15, 0.2) is 0 Å². The lowest BCUT2D eigenvalue weighted by atomic mass is 10.1. The molecule has 0 aromatic rings. The Morgan fingerprint density at radius 1 is 1.11 bits per heavy atom. The first kappa shape index (κ1) is 8.45. The lowest BCUT2D eigenvalue weighted by Gasteiger charge is -2.20. The number of likely N-dealkylation sites (tertiary alicyclic amines) is 1. The highest BCUT2D eigenvalue weighted by Crippen LogP contribution is 2.04. The molecule has 1 saturated heterocycles. The highest BCUT2D eigenvalue weighted by atomic mass is 15.1. The molecule has 2 nitrogen and oxygen atoms in total. The van der Waals surface area contributed by atoms with Gasteiger partial charge in [-0.3, -0.25) is 0 Å². The Bertz CT molecular complexity index is 72.2. The molecule has 52 valence electrons. The molecule has 0 bridgehead atoms. The summed E-state index contributed by atoms with van der Waals surface area (Å²) in [5.41, 5.74) is 0. The van der Waals surface area contributed by atoms with Crippen molar-refractivity contribution in [3.63, 3.8) is 0 Å². The minimum Gasteiger partial charge on any atom is -0.306 e. The van der Waals surface area contributed by atoms with E-state index in [1.165, 1.54) is 32.4 Å². The minimum absolute atomic E-state index is 1.32. The van der Waals surface area contributed by atoms with Crippen molar-refractivity contribution in [1.29, 1.82) is 5.26 Å². The number of nitrogens with zero attached hydrogens (tertiary/aromatic N) is 2. The zero-order valence-corrected chi connectivity index (χ0v) is 6.01. The van der Waals surface area contributed by atoms with E-state index in [-0.39, 0.29) is 0 Å². The summed E-state index contributed by atoms with van der Waals surface area (Å²) in [6.45, 7) is 6.14. The fourth-order valence-electron chi connectivity index (χ4n) is 1.05. The number of nitriles is 1. The summed E-state index contributed by atoms with van der Waals surface area (Å²) in [7, 11) is 2.19. The van der Waals surface area contributed by atoms with Crippen molar-refractivity contribution in [3.8, 4) is 6.57 Å². The maximum atomic E-state index is 6.50. The summed E-state index contributed by atoms with van der Waals surface area (Å²) < 4.78 is 0. The second-order valence-corrected chi connectivity index (χ2v) is 2.36. The zero-order chi connectivity index (χ0) is 7.11. The van der Waals surface area contributed by atoms with Gasteiger partial charge >= 0.3 is 0 Å². The maximum Gasteiger partial charge on any atom is 0.0462 e. The molecule has 0 aromatic carbocycles. The fraction of sp³-hybridized carbons (Fsp3) is 0.857. The average Bonchev–Trinajstić information content (AvgIpc) is 1.94. The molecule has 2 heteroatoms. The standard InChI is InChI=1S/C6H13N.CHN/c1-7-5-3-2-4-6-7;1-2/h2-6H2,1H3;1H. The first-order valence-corrected chi connectivity index (χ1v) is 3.34. The number of rotatable bonds is 0. The molecule has 0 unspecified atom stereocenters. The van der Waals surface area contributed by atoms with Crippen molar-refractivity contribution in [3.05, 3.63) is 0 Å². The Balaban J connectivity index is 0.000000291. The third kappa shape index (κ3) is 3.99. The predicted octanol–water partition coefficient (Wildman–Crippen LogP) is 1.24. The maximum absolute atomic E-state index is 6.50. The van der Waals surface area contributed by atoms with Crippen LogP contribution in [0, 0.1) is 11.8 Å². The van der Waals surface area contributed by atoms with E-state index >= 15 is 0 Å².